The second kappa shape index (κ2) is 8.32. The highest BCUT2D eigenvalue weighted by Crippen LogP contribution is 2.26. The molecule has 4 aromatic rings. The molecule has 0 aliphatic heterocycles. The number of ether oxygens (including phenoxy) is 1. The molecule has 0 saturated carbocycles. The summed E-state index contributed by atoms with van der Waals surface area (Å²) in [6.07, 6.45) is 2.62. The van der Waals surface area contributed by atoms with Crippen molar-refractivity contribution in [3.05, 3.63) is 65.4 Å². The molecular formula is C21H20N4O3S. The van der Waals surface area contributed by atoms with Gasteiger partial charge in [0.15, 0.2) is 5.76 Å². The average Bonchev–Trinajstić information content (AvgIpc) is 3.47. The Kier molecular flexibility index (Phi) is 5.44. The lowest BCUT2D eigenvalue weighted by molar-refractivity contribution is -0.116. The summed E-state index contributed by atoms with van der Waals surface area (Å²) < 4.78 is 12.2. The molecule has 1 N–H and O–H groups in total. The number of methoxy groups -OCH3 is 1. The molecule has 1 aromatic carbocycles. The van der Waals surface area contributed by atoms with Crippen LogP contribution in [0.15, 0.2) is 58.5 Å². The largest absolute Gasteiger partial charge is 0.497 e. The molecule has 3 heterocycles. The van der Waals surface area contributed by atoms with E-state index in [4.69, 9.17) is 9.15 Å². The summed E-state index contributed by atoms with van der Waals surface area (Å²) in [5, 5.41) is 9.98. The lowest BCUT2D eigenvalue weighted by Gasteiger charge is -2.07. The fourth-order valence-corrected chi connectivity index (χ4v) is 3.66. The number of rotatable bonds is 7. The molecule has 148 valence electrons. The Balaban J connectivity index is 1.44. The van der Waals surface area contributed by atoms with E-state index in [9.17, 15) is 4.79 Å². The van der Waals surface area contributed by atoms with Crippen molar-refractivity contribution in [3.63, 3.8) is 0 Å². The fraction of sp³-hybridized carbons (Fsp3) is 0.190. The summed E-state index contributed by atoms with van der Waals surface area (Å²) in [5.74, 6) is 2.02. The lowest BCUT2D eigenvalue weighted by atomic mass is 10.1. The molecule has 0 fully saturated rings. The average molecular weight is 408 g/mol. The maximum Gasteiger partial charge on any atom is 0.225 e. The number of hydrogen-bond acceptors (Lipinski definition) is 6. The molecule has 0 unspecified atom stereocenters. The Hall–Kier alpha value is -3.39. The molecule has 3 aromatic heterocycles. The van der Waals surface area contributed by atoms with Crippen molar-refractivity contribution >= 4 is 23.1 Å². The zero-order chi connectivity index (χ0) is 20.2. The molecule has 8 heteroatoms. The van der Waals surface area contributed by atoms with Gasteiger partial charge in [0.05, 0.1) is 19.1 Å². The molecule has 0 radical (unpaired) electrons. The second-order valence-corrected chi connectivity index (χ2v) is 7.31. The number of carbonyl (C=O) groups is 1. The van der Waals surface area contributed by atoms with E-state index in [2.05, 4.69) is 15.4 Å². The van der Waals surface area contributed by atoms with Gasteiger partial charge in [-0.15, -0.1) is 11.3 Å². The van der Waals surface area contributed by atoms with Gasteiger partial charge in [-0.2, -0.15) is 9.78 Å². The minimum Gasteiger partial charge on any atom is -0.497 e. The van der Waals surface area contributed by atoms with Crippen molar-refractivity contribution in [2.24, 2.45) is 0 Å². The second-order valence-electron chi connectivity index (χ2n) is 6.47. The van der Waals surface area contributed by atoms with Crippen LogP contribution in [0.25, 0.3) is 16.6 Å². The molecular weight excluding hydrogens is 388 g/mol. The van der Waals surface area contributed by atoms with E-state index in [0.29, 0.717) is 29.6 Å². The molecule has 1 amide bonds. The van der Waals surface area contributed by atoms with Crippen LogP contribution in [-0.2, 0) is 11.2 Å². The van der Waals surface area contributed by atoms with E-state index in [1.54, 1.807) is 18.1 Å². The number of carbonyl (C=O) groups excluding carboxylic acids is 1. The first-order valence-electron chi connectivity index (χ1n) is 9.11. The standard InChI is InChI=1S/C21H20N4O3S/c1-14-12-19(23-20(26)10-7-15-5-8-16(27-2)9-6-15)25(24-14)21-22-17(13-29-21)18-4-3-11-28-18/h3-6,8-9,11-13H,7,10H2,1-2H3,(H,23,26). The molecule has 0 aliphatic carbocycles. The third-order valence-corrected chi connectivity index (χ3v) is 5.16. The van der Waals surface area contributed by atoms with Crippen LogP contribution in [0.4, 0.5) is 5.82 Å². The maximum absolute atomic E-state index is 12.5. The Morgan fingerprint density at radius 3 is 2.83 bits per heavy atom. The maximum atomic E-state index is 12.5. The molecule has 0 saturated heterocycles. The van der Waals surface area contributed by atoms with Gasteiger partial charge < -0.3 is 14.5 Å². The van der Waals surface area contributed by atoms with Crippen LogP contribution in [0.1, 0.15) is 17.7 Å². The van der Waals surface area contributed by atoms with Crippen LogP contribution in [-0.4, -0.2) is 27.8 Å². The van der Waals surface area contributed by atoms with Gasteiger partial charge in [0, 0.05) is 17.9 Å². The molecule has 0 atom stereocenters. The summed E-state index contributed by atoms with van der Waals surface area (Å²) in [7, 11) is 1.63. The number of hydrogen-bond donors (Lipinski definition) is 1. The number of benzene rings is 1. The van der Waals surface area contributed by atoms with E-state index in [-0.39, 0.29) is 5.91 Å². The van der Waals surface area contributed by atoms with E-state index in [1.807, 2.05) is 54.8 Å². The van der Waals surface area contributed by atoms with Crippen LogP contribution < -0.4 is 10.1 Å². The van der Waals surface area contributed by atoms with Crippen molar-refractivity contribution in [2.45, 2.75) is 19.8 Å². The monoisotopic (exact) mass is 408 g/mol. The Bertz CT molecular complexity index is 1100. The van der Waals surface area contributed by atoms with Crippen molar-refractivity contribution in [2.75, 3.05) is 12.4 Å². The molecule has 0 aliphatic rings. The first-order valence-corrected chi connectivity index (χ1v) is 9.99. The van der Waals surface area contributed by atoms with Crippen molar-refractivity contribution in [1.82, 2.24) is 14.8 Å². The molecule has 4 rings (SSSR count). The van der Waals surface area contributed by atoms with Crippen LogP contribution in [0.2, 0.25) is 0 Å². The highest BCUT2D eigenvalue weighted by atomic mass is 32.1. The number of nitrogens with zero attached hydrogens (tertiary/aromatic N) is 3. The van der Waals surface area contributed by atoms with Crippen molar-refractivity contribution < 1.29 is 13.9 Å². The summed E-state index contributed by atoms with van der Waals surface area (Å²) >= 11 is 1.44. The first kappa shape index (κ1) is 18.9. The highest BCUT2D eigenvalue weighted by Gasteiger charge is 2.15. The number of amides is 1. The van der Waals surface area contributed by atoms with Gasteiger partial charge in [0.2, 0.25) is 11.0 Å². The zero-order valence-corrected chi connectivity index (χ0v) is 16.9. The van der Waals surface area contributed by atoms with Gasteiger partial charge in [-0.3, -0.25) is 4.79 Å². The minimum atomic E-state index is -0.0789. The van der Waals surface area contributed by atoms with Crippen LogP contribution >= 0.6 is 11.3 Å². The van der Waals surface area contributed by atoms with E-state index >= 15 is 0 Å². The third-order valence-electron chi connectivity index (χ3n) is 4.35. The smallest absolute Gasteiger partial charge is 0.225 e. The quantitative estimate of drug-likeness (QED) is 0.488. The molecule has 7 nitrogen and oxygen atoms in total. The summed E-state index contributed by atoms with van der Waals surface area (Å²) in [6, 6.07) is 13.2. The summed E-state index contributed by atoms with van der Waals surface area (Å²) in [4.78, 5) is 17.1. The van der Waals surface area contributed by atoms with Gasteiger partial charge in [0.25, 0.3) is 0 Å². The van der Waals surface area contributed by atoms with Crippen LogP contribution in [0, 0.1) is 6.92 Å². The van der Waals surface area contributed by atoms with Crippen LogP contribution in [0.5, 0.6) is 5.75 Å². The van der Waals surface area contributed by atoms with Gasteiger partial charge in [-0.05, 0) is 43.2 Å². The lowest BCUT2D eigenvalue weighted by Crippen LogP contribution is -2.15. The Morgan fingerprint density at radius 2 is 2.10 bits per heavy atom. The Labute approximate surface area is 172 Å². The third kappa shape index (κ3) is 4.38. The Morgan fingerprint density at radius 1 is 1.28 bits per heavy atom. The predicted octanol–water partition coefficient (Wildman–Crippen LogP) is 4.48. The summed E-state index contributed by atoms with van der Waals surface area (Å²) in [5.41, 5.74) is 2.61. The zero-order valence-electron chi connectivity index (χ0n) is 16.1. The summed E-state index contributed by atoms with van der Waals surface area (Å²) in [6.45, 7) is 1.88. The van der Waals surface area contributed by atoms with Gasteiger partial charge in [0.1, 0.15) is 17.3 Å². The van der Waals surface area contributed by atoms with E-state index in [1.165, 1.54) is 11.3 Å². The number of thiazole rings is 1. The van der Waals surface area contributed by atoms with E-state index in [0.717, 1.165) is 22.7 Å². The normalized spacial score (nSPS) is 10.8. The number of nitrogens with one attached hydrogen (secondary N) is 1. The minimum absolute atomic E-state index is 0.0789. The van der Waals surface area contributed by atoms with Gasteiger partial charge in [-0.1, -0.05) is 12.1 Å². The fourth-order valence-electron chi connectivity index (χ4n) is 2.89. The highest BCUT2D eigenvalue weighted by molar-refractivity contribution is 7.12. The number of furan rings is 1. The van der Waals surface area contributed by atoms with Crippen LogP contribution in [0.3, 0.4) is 0 Å². The number of anilines is 1. The van der Waals surface area contributed by atoms with E-state index < -0.39 is 0 Å². The van der Waals surface area contributed by atoms with Crippen molar-refractivity contribution in [1.29, 1.82) is 0 Å². The van der Waals surface area contributed by atoms with Gasteiger partial charge in [-0.25, -0.2) is 4.98 Å². The predicted molar refractivity (Wildman–Crippen MR) is 112 cm³/mol. The molecule has 0 spiro atoms. The number of aromatic nitrogens is 3. The number of aryl methyl sites for hydroxylation is 2. The first-order chi connectivity index (χ1) is 14.1. The SMILES string of the molecule is COc1ccc(CCC(=O)Nc2cc(C)nn2-c2nc(-c3ccco3)cs2)cc1. The molecule has 29 heavy (non-hydrogen) atoms. The van der Waals surface area contributed by atoms with Crippen molar-refractivity contribution in [3.8, 4) is 22.3 Å². The topological polar surface area (TPSA) is 82.2 Å². The van der Waals surface area contributed by atoms with Gasteiger partial charge >= 0.3 is 0 Å². The molecule has 0 bridgehead atoms.